The van der Waals surface area contributed by atoms with Crippen LogP contribution >= 0.6 is 0 Å². The van der Waals surface area contributed by atoms with E-state index in [1.165, 1.54) is 11.1 Å². The second-order valence-corrected chi connectivity index (χ2v) is 30.6. The molecule has 9 saturated carbocycles. The molecule has 0 aromatic carbocycles. The van der Waals surface area contributed by atoms with Gasteiger partial charge in [-0.05, 0) is 186 Å². The van der Waals surface area contributed by atoms with Gasteiger partial charge in [0.05, 0.1) is 31.2 Å². The number of ketones is 6. The van der Waals surface area contributed by atoms with Crippen molar-refractivity contribution in [1.29, 1.82) is 0 Å². The second-order valence-electron chi connectivity index (χ2n) is 30.6. The van der Waals surface area contributed by atoms with E-state index in [1.807, 2.05) is 27.7 Å². The molecule has 12 aliphatic carbocycles. The number of aliphatic hydroxyl groups excluding tert-OH is 6. The summed E-state index contributed by atoms with van der Waals surface area (Å²) in [7, 11) is 0. The average Bonchev–Trinajstić information content (AvgIpc) is 1.68. The Morgan fingerprint density at radius 2 is 0.813 bits per heavy atom. The van der Waals surface area contributed by atoms with Crippen molar-refractivity contribution in [1.82, 2.24) is 0 Å². The van der Waals surface area contributed by atoms with Crippen LogP contribution in [0.25, 0.3) is 0 Å². The van der Waals surface area contributed by atoms with E-state index in [0.717, 1.165) is 63.9 Å². The zero-order chi connectivity index (χ0) is 66.4. The summed E-state index contributed by atoms with van der Waals surface area (Å²) in [5.41, 5.74) is -5.07. The van der Waals surface area contributed by atoms with Gasteiger partial charge in [-0.15, -0.1) is 0 Å². The molecule has 0 saturated heterocycles. The molecule has 0 heterocycles. The Bertz CT molecular complexity index is 2910. The maximum absolute atomic E-state index is 12.5. The van der Waals surface area contributed by atoms with Crippen LogP contribution in [0.2, 0.25) is 0 Å². The molecule has 21 nitrogen and oxygen atoms in total. The first-order chi connectivity index (χ1) is 42.0. The fraction of sp³-hybridized carbons (Fsp3) is 0.783. The van der Waals surface area contributed by atoms with Crippen LogP contribution in [0.15, 0.2) is 34.9 Å². The Balaban J connectivity index is 0.000000172. The molecule has 91 heavy (non-hydrogen) atoms. The monoisotopic (exact) mass is 1290 g/mol. The van der Waals surface area contributed by atoms with Crippen LogP contribution in [0.5, 0.6) is 0 Å². The number of aliphatic carboxylic acids is 2. The molecule has 0 amide bonds. The second kappa shape index (κ2) is 26.4. The van der Waals surface area contributed by atoms with Gasteiger partial charge >= 0.3 is 41.5 Å². The van der Waals surface area contributed by atoms with E-state index >= 15 is 0 Å². The molecule has 22 heteroatoms. The molecule has 0 aliphatic heterocycles. The van der Waals surface area contributed by atoms with Gasteiger partial charge in [-0.1, -0.05) is 58.3 Å². The molecule has 0 aromatic heterocycles. The Morgan fingerprint density at radius 3 is 1.16 bits per heavy atom. The Hall–Kier alpha value is -3.71. The molecule has 12 aliphatic rings. The molecule has 0 spiro atoms. The number of Topliss-reactive ketones (excluding diaryl/α,β-unsaturated/α-hetero) is 3. The minimum absolute atomic E-state index is 0. The fourth-order valence-corrected chi connectivity index (χ4v) is 22.4. The van der Waals surface area contributed by atoms with Crippen LogP contribution in [0.1, 0.15) is 190 Å². The third kappa shape index (κ3) is 11.8. The predicted molar refractivity (Wildman–Crippen MR) is 328 cm³/mol. The van der Waals surface area contributed by atoms with Crippen LogP contribution in [0.4, 0.5) is 0 Å². The number of allylic oxidation sites excluding steroid dienone is 2. The van der Waals surface area contributed by atoms with Crippen LogP contribution < -0.4 is 0 Å². The van der Waals surface area contributed by atoms with Gasteiger partial charge in [0.15, 0.2) is 34.7 Å². The summed E-state index contributed by atoms with van der Waals surface area (Å²) in [6.45, 7) is 11.0. The molecule has 502 valence electrons. The minimum atomic E-state index is -1.71. The first kappa shape index (κ1) is 73.1. The standard InChI is InChI=1S/C25H34O9.2C21H30O5.C2H4O2.Na.H/c1-23-11-17(28)22-15(16(23)7-8-25(23,33)18(29)12-26)4-3-13-9-14(27)10-19(24(13,22)2)34-21(32)6-5-20(30)31;2*1-19-7-5-13(23)9-12(19)3-4-14-15-6-8-21(26,17(25)11-22)20(15,2)10-16(24)18(14)19;1-2(3)4;;/h9,15-17,19,22,26,28,33H,3-8,10-12H2,1-2H3,(H,30,31);2*9,14-16,18,22,24,26H,3-8,10-11H2,1-2H3;1H3,(H,3,4);;/t15-,16-,17-,19?,22+,23-,24+,25-;2*14-,15-,16-,18+,19-,20-,21-;;;/m000.../s1. The van der Waals surface area contributed by atoms with Gasteiger partial charge in [0.2, 0.25) is 0 Å². The number of ether oxygens (including phenoxy) is 1. The van der Waals surface area contributed by atoms with Crippen molar-refractivity contribution in [2.45, 2.75) is 231 Å². The topological polar surface area (TPSA) is 385 Å². The number of carboxylic acids is 2. The molecule has 0 bridgehead atoms. The van der Waals surface area contributed by atoms with Gasteiger partial charge < -0.3 is 60.9 Å². The van der Waals surface area contributed by atoms with E-state index in [9.17, 15) is 84.3 Å². The normalized spacial score (nSPS) is 45.3. The van der Waals surface area contributed by atoms with Crippen LogP contribution in [0, 0.1) is 85.8 Å². The van der Waals surface area contributed by atoms with Gasteiger partial charge in [-0.2, -0.15) is 0 Å². The predicted octanol–water partition coefficient (Wildman–Crippen LogP) is 4.17. The third-order valence-corrected chi connectivity index (χ3v) is 26.9. The number of hydrogen-bond acceptors (Lipinski definition) is 19. The Kier molecular flexibility index (Phi) is 21.2. The number of aliphatic hydroxyl groups is 9. The first-order valence-corrected chi connectivity index (χ1v) is 32.9. The van der Waals surface area contributed by atoms with E-state index in [4.69, 9.17) is 19.7 Å². The van der Waals surface area contributed by atoms with Crippen molar-refractivity contribution in [3.8, 4) is 0 Å². The summed E-state index contributed by atoms with van der Waals surface area (Å²) in [6.07, 6.45) is 12.8. The van der Waals surface area contributed by atoms with E-state index in [0.29, 0.717) is 57.8 Å². The number of carbonyl (C=O) groups is 9. The van der Waals surface area contributed by atoms with Gasteiger partial charge in [0.1, 0.15) is 42.7 Å². The van der Waals surface area contributed by atoms with E-state index in [1.54, 1.807) is 18.2 Å². The summed E-state index contributed by atoms with van der Waals surface area (Å²) < 4.78 is 5.70. The van der Waals surface area contributed by atoms with Gasteiger partial charge in [-0.3, -0.25) is 43.2 Å². The quantitative estimate of drug-likeness (QED) is 0.108. The zero-order valence-corrected chi connectivity index (χ0v) is 53.4. The first-order valence-electron chi connectivity index (χ1n) is 32.9. The van der Waals surface area contributed by atoms with Crippen molar-refractivity contribution in [2.75, 3.05) is 19.8 Å². The number of rotatable bonds is 10. The van der Waals surface area contributed by atoms with Crippen molar-refractivity contribution in [2.24, 2.45) is 85.8 Å². The number of hydrogen-bond donors (Lipinski definition) is 11. The maximum atomic E-state index is 12.5. The molecule has 0 aromatic rings. The van der Waals surface area contributed by atoms with Gasteiger partial charge in [0.25, 0.3) is 5.97 Å². The fourth-order valence-electron chi connectivity index (χ4n) is 22.4. The summed E-state index contributed by atoms with van der Waals surface area (Å²) >= 11 is 0. The van der Waals surface area contributed by atoms with E-state index in [-0.39, 0.29) is 143 Å². The summed E-state index contributed by atoms with van der Waals surface area (Å²) in [4.78, 5) is 106. The van der Waals surface area contributed by atoms with Gasteiger partial charge in [-0.25, -0.2) is 0 Å². The Labute approximate surface area is 554 Å². The molecule has 11 N–H and O–H groups in total. The van der Waals surface area contributed by atoms with E-state index in [2.05, 4.69) is 13.8 Å². The number of carbonyl (C=O) groups excluding carboxylic acids is 7. The summed E-state index contributed by atoms with van der Waals surface area (Å²) in [5, 5.41) is 112. The van der Waals surface area contributed by atoms with E-state index < -0.39 is 118 Å². The molecule has 0 radical (unpaired) electrons. The molecule has 22 atom stereocenters. The number of esters is 1. The number of carboxylic acid groups (broad SMARTS) is 2. The SMILES string of the molecule is CC(=O)O.C[C@]12CCC(=O)C=C1CC[C@@H]1[C@@H]2[C@@H](O)C[C@@]2(C)[C@H]1CC[C@]2(O)C(=O)CO.C[C@]12CCC(=O)C=C1CC[C@@H]1[C@@H]2[C@@H](O)C[C@@]2(C)[C@H]1CC[C@]2(O)C(=O)CO.C[C@]12C[C@H](O)[C@H]3[C@@H](CCC4=CC(=O)CC(OC(=O)CCC(=O)O)[C@@]43C)[C@@H]1CC[C@]2(O)C(=O)CO.[NaH]. The molecule has 12 rings (SSSR count). The molecular formula is C69H99NaO21. The number of fused-ring (bicyclic) bond motifs is 15. The van der Waals surface area contributed by atoms with Crippen molar-refractivity contribution in [3.63, 3.8) is 0 Å². The molecule has 9 fully saturated rings. The van der Waals surface area contributed by atoms with Crippen LogP contribution in [-0.2, 0) is 47.9 Å². The zero-order valence-electron chi connectivity index (χ0n) is 53.4. The van der Waals surface area contributed by atoms with Crippen LogP contribution in [-0.4, -0.2) is 199 Å². The van der Waals surface area contributed by atoms with Crippen molar-refractivity contribution >= 4 is 82.2 Å². The van der Waals surface area contributed by atoms with Gasteiger partial charge in [0, 0.05) is 53.8 Å². The third-order valence-electron chi connectivity index (χ3n) is 26.9. The molecular weight excluding hydrogens is 1190 g/mol. The summed E-state index contributed by atoms with van der Waals surface area (Å²) in [6, 6.07) is 0. The van der Waals surface area contributed by atoms with Crippen molar-refractivity contribution in [3.05, 3.63) is 34.9 Å². The Morgan fingerprint density at radius 1 is 0.484 bits per heavy atom. The molecule has 1 unspecified atom stereocenters. The average molecular weight is 1290 g/mol. The van der Waals surface area contributed by atoms with Crippen LogP contribution in [0.3, 0.4) is 0 Å². The summed E-state index contributed by atoms with van der Waals surface area (Å²) in [5.74, 6) is -3.67. The van der Waals surface area contributed by atoms with Crippen molar-refractivity contribution < 1.29 is 104 Å².